The van der Waals surface area contributed by atoms with Gasteiger partial charge in [-0.05, 0) is 33.4 Å². The molecule has 0 saturated heterocycles. The summed E-state index contributed by atoms with van der Waals surface area (Å²) in [6.07, 6.45) is 1.78. The van der Waals surface area contributed by atoms with Crippen LogP contribution >= 0.6 is 0 Å². The van der Waals surface area contributed by atoms with E-state index in [0.29, 0.717) is 30.6 Å². The van der Waals surface area contributed by atoms with Gasteiger partial charge >= 0.3 is 0 Å². The van der Waals surface area contributed by atoms with E-state index in [0.717, 1.165) is 28.7 Å². The lowest BCUT2D eigenvalue weighted by Crippen LogP contribution is -2.18. The molecule has 0 aliphatic carbocycles. The molecule has 0 fully saturated rings. The molecule has 1 aromatic carbocycles. The van der Waals surface area contributed by atoms with Crippen LogP contribution in [0.25, 0.3) is 0 Å². The Kier molecular flexibility index (Phi) is 6.13. The van der Waals surface area contributed by atoms with Gasteiger partial charge < -0.3 is 9.84 Å². The summed E-state index contributed by atoms with van der Waals surface area (Å²) < 4.78 is 5.84. The average Bonchev–Trinajstić information content (AvgIpc) is 3.03. The monoisotopic (exact) mass is 371 g/mol. The van der Waals surface area contributed by atoms with Crippen LogP contribution in [0.1, 0.15) is 78.5 Å². The second kappa shape index (κ2) is 7.69. The molecule has 0 amide bonds. The second-order valence-corrected chi connectivity index (χ2v) is 10.0. The predicted octanol–water partition coefficient (Wildman–Crippen LogP) is 5.93. The molecule has 3 heteroatoms. The van der Waals surface area contributed by atoms with Crippen LogP contribution in [0.15, 0.2) is 29.3 Å². The Hall–Kier alpha value is -1.77. The summed E-state index contributed by atoms with van der Waals surface area (Å²) in [7, 11) is 0. The van der Waals surface area contributed by atoms with Crippen LogP contribution in [0.3, 0.4) is 0 Å². The quantitative estimate of drug-likeness (QED) is 0.697. The number of aliphatic imine (C=N–C) groups is 1. The fraction of sp³-hybridized carbons (Fsp3) is 0.625. The molecule has 3 nitrogen and oxygen atoms in total. The van der Waals surface area contributed by atoms with Gasteiger partial charge in [0.25, 0.3) is 0 Å². The van der Waals surface area contributed by atoms with Gasteiger partial charge in [0.15, 0.2) is 0 Å². The van der Waals surface area contributed by atoms with Gasteiger partial charge in [-0.1, -0.05) is 80.5 Å². The summed E-state index contributed by atoms with van der Waals surface area (Å²) in [5, 5.41) is 10.9. The lowest BCUT2D eigenvalue weighted by Gasteiger charge is -2.28. The third-order valence-electron chi connectivity index (χ3n) is 5.48. The van der Waals surface area contributed by atoms with E-state index in [-0.39, 0.29) is 16.9 Å². The van der Waals surface area contributed by atoms with E-state index < -0.39 is 0 Å². The third-order valence-corrected chi connectivity index (χ3v) is 5.48. The van der Waals surface area contributed by atoms with E-state index in [1.54, 1.807) is 0 Å². The van der Waals surface area contributed by atoms with Crippen LogP contribution < -0.4 is 0 Å². The Morgan fingerprint density at radius 1 is 1.19 bits per heavy atom. The first kappa shape index (κ1) is 21.5. The highest BCUT2D eigenvalue weighted by molar-refractivity contribution is 5.94. The summed E-state index contributed by atoms with van der Waals surface area (Å²) in [6, 6.07) is 4.45. The molecule has 1 aliphatic heterocycles. The lowest BCUT2D eigenvalue weighted by molar-refractivity contribution is 0.282. The standard InChI is InChI=1S/C24H37NO2/c1-10-15(2)20-14-27-22(25-20)16(3)11-17-12-18(23(4,5)6)21(26)19(13-17)24(7,8)9/h12-13,15,20,26H,3,10-11,14H2,1-2,4-9H3. The minimum Gasteiger partial charge on any atom is -0.507 e. The lowest BCUT2D eigenvalue weighted by atomic mass is 9.78. The number of aromatic hydroxyl groups is 1. The first-order valence-electron chi connectivity index (χ1n) is 10.1. The zero-order valence-corrected chi connectivity index (χ0v) is 18.4. The van der Waals surface area contributed by atoms with Crippen molar-refractivity contribution in [3.8, 4) is 5.75 Å². The number of phenols is 1. The summed E-state index contributed by atoms with van der Waals surface area (Å²) >= 11 is 0. The maximum Gasteiger partial charge on any atom is 0.212 e. The highest BCUT2D eigenvalue weighted by atomic mass is 16.5. The molecule has 0 saturated carbocycles. The van der Waals surface area contributed by atoms with Gasteiger partial charge in [0, 0.05) is 12.0 Å². The van der Waals surface area contributed by atoms with E-state index in [4.69, 9.17) is 9.73 Å². The summed E-state index contributed by atoms with van der Waals surface area (Å²) in [5.41, 5.74) is 3.74. The van der Waals surface area contributed by atoms with Gasteiger partial charge in [0.05, 0.1) is 6.04 Å². The Balaban J connectivity index is 2.35. The number of ether oxygens (including phenoxy) is 1. The molecule has 1 aromatic rings. The normalized spacial score (nSPS) is 18.8. The van der Waals surface area contributed by atoms with Gasteiger partial charge in [0.1, 0.15) is 12.4 Å². The Morgan fingerprint density at radius 3 is 2.15 bits per heavy atom. The highest BCUT2D eigenvalue weighted by Crippen LogP contribution is 2.40. The van der Waals surface area contributed by atoms with Gasteiger partial charge in [-0.3, -0.25) is 0 Å². The zero-order valence-electron chi connectivity index (χ0n) is 18.4. The summed E-state index contributed by atoms with van der Waals surface area (Å²) in [6.45, 7) is 22.1. The molecule has 0 aromatic heterocycles. The molecule has 1 aliphatic rings. The van der Waals surface area contributed by atoms with E-state index >= 15 is 0 Å². The van der Waals surface area contributed by atoms with Crippen molar-refractivity contribution in [2.24, 2.45) is 10.9 Å². The Bertz CT molecular complexity index is 697. The molecule has 0 radical (unpaired) electrons. The zero-order chi connectivity index (χ0) is 20.6. The number of benzene rings is 1. The maximum absolute atomic E-state index is 10.9. The minimum absolute atomic E-state index is 0.134. The second-order valence-electron chi connectivity index (χ2n) is 10.0. The van der Waals surface area contributed by atoms with Crippen molar-refractivity contribution in [1.82, 2.24) is 0 Å². The van der Waals surface area contributed by atoms with Crippen molar-refractivity contribution < 1.29 is 9.84 Å². The Labute approximate surface area is 165 Å². The predicted molar refractivity (Wildman–Crippen MR) is 115 cm³/mol. The van der Waals surface area contributed by atoms with Crippen molar-refractivity contribution in [3.05, 3.63) is 41.0 Å². The number of hydrogen-bond donors (Lipinski definition) is 1. The number of nitrogens with zero attached hydrogens (tertiary/aromatic N) is 1. The first-order valence-corrected chi connectivity index (χ1v) is 10.1. The topological polar surface area (TPSA) is 41.8 Å². The molecule has 1 N–H and O–H groups in total. The minimum atomic E-state index is -0.134. The molecule has 2 rings (SSSR count). The van der Waals surface area contributed by atoms with Gasteiger partial charge in [-0.2, -0.15) is 0 Å². The smallest absolute Gasteiger partial charge is 0.212 e. The van der Waals surface area contributed by atoms with Crippen molar-refractivity contribution in [1.29, 1.82) is 0 Å². The molecule has 0 bridgehead atoms. The summed E-state index contributed by atoms with van der Waals surface area (Å²) in [4.78, 5) is 4.76. The van der Waals surface area contributed by atoms with Crippen molar-refractivity contribution >= 4 is 5.90 Å². The van der Waals surface area contributed by atoms with E-state index in [2.05, 4.69) is 74.1 Å². The Morgan fingerprint density at radius 2 is 1.70 bits per heavy atom. The summed E-state index contributed by atoms with van der Waals surface area (Å²) in [5.74, 6) is 1.63. The van der Waals surface area contributed by atoms with Crippen LogP contribution in [0.2, 0.25) is 0 Å². The molecule has 0 spiro atoms. The van der Waals surface area contributed by atoms with Gasteiger partial charge in [-0.25, -0.2) is 4.99 Å². The SMILES string of the molecule is C=C(Cc1cc(C(C)(C)C)c(O)c(C(C)(C)C)c1)C1=NC(C(C)CC)CO1. The first-order chi connectivity index (χ1) is 12.3. The van der Waals surface area contributed by atoms with Crippen LogP contribution in [0.5, 0.6) is 5.75 Å². The number of phenolic OH excluding ortho intramolecular Hbond substituents is 1. The van der Waals surface area contributed by atoms with Crippen LogP contribution in [-0.4, -0.2) is 23.7 Å². The molecule has 1 heterocycles. The molecular formula is C24H37NO2. The molecule has 2 atom stereocenters. The van der Waals surface area contributed by atoms with E-state index in [9.17, 15) is 5.11 Å². The van der Waals surface area contributed by atoms with E-state index in [1.807, 2.05) is 0 Å². The van der Waals surface area contributed by atoms with Gasteiger partial charge in [-0.15, -0.1) is 0 Å². The van der Waals surface area contributed by atoms with Crippen LogP contribution in [0, 0.1) is 5.92 Å². The maximum atomic E-state index is 10.9. The molecule has 2 unspecified atom stereocenters. The molecular weight excluding hydrogens is 334 g/mol. The average molecular weight is 372 g/mol. The fourth-order valence-electron chi connectivity index (χ4n) is 3.41. The number of rotatable bonds is 5. The van der Waals surface area contributed by atoms with Gasteiger partial charge in [0.2, 0.25) is 5.90 Å². The van der Waals surface area contributed by atoms with Crippen LogP contribution in [0.4, 0.5) is 0 Å². The van der Waals surface area contributed by atoms with Crippen molar-refractivity contribution in [2.45, 2.75) is 85.1 Å². The van der Waals surface area contributed by atoms with Crippen molar-refractivity contribution in [3.63, 3.8) is 0 Å². The highest BCUT2D eigenvalue weighted by Gasteiger charge is 2.28. The fourth-order valence-corrected chi connectivity index (χ4v) is 3.41. The molecule has 150 valence electrons. The van der Waals surface area contributed by atoms with Crippen molar-refractivity contribution in [2.75, 3.05) is 6.61 Å². The van der Waals surface area contributed by atoms with Crippen LogP contribution in [-0.2, 0) is 22.0 Å². The third kappa shape index (κ3) is 4.94. The molecule has 27 heavy (non-hydrogen) atoms. The van der Waals surface area contributed by atoms with E-state index in [1.165, 1.54) is 0 Å². The number of hydrogen-bond acceptors (Lipinski definition) is 3. The largest absolute Gasteiger partial charge is 0.507 e.